The number of carbonyl (C=O) groups excluding carboxylic acids is 1. The van der Waals surface area contributed by atoms with E-state index in [0.717, 1.165) is 25.7 Å². The number of carboxylic acids is 1. The molecule has 4 nitrogen and oxygen atoms in total. The molecule has 0 atom stereocenters. The summed E-state index contributed by atoms with van der Waals surface area (Å²) in [6, 6.07) is 0. The second-order valence-corrected chi connectivity index (χ2v) is 19.1. The minimum Gasteiger partial charge on any atom is -0.481 e. The highest BCUT2D eigenvalue weighted by atomic mass is 16.5. The molecule has 0 fully saturated rings. The molecule has 0 rings (SSSR count). The molecule has 0 aliphatic heterocycles. The summed E-state index contributed by atoms with van der Waals surface area (Å²) in [5.74, 6) is -0.631. The van der Waals surface area contributed by atoms with Crippen LogP contribution in [0, 0.1) is 0 Å². The SMILES string of the molecule is CCCCCCCCC=CCCCCCCCCCC(=O)OCCCCCCCCCCCCCCCCCCCCCCCCCCCCCCCCCCCC(=O)O. The molecule has 0 aromatic carbocycles. The van der Waals surface area contributed by atoms with Crippen LogP contribution < -0.4 is 0 Å². The number of esters is 1. The minimum atomic E-state index is -0.651. The smallest absolute Gasteiger partial charge is 0.305 e. The van der Waals surface area contributed by atoms with Crippen LogP contribution >= 0.6 is 0 Å². The Bertz CT molecular complexity index is 852. The van der Waals surface area contributed by atoms with E-state index in [1.54, 1.807) is 0 Å². The van der Waals surface area contributed by atoms with Gasteiger partial charge in [0.15, 0.2) is 0 Å². The maximum atomic E-state index is 12.1. The lowest BCUT2D eigenvalue weighted by Crippen LogP contribution is -2.05. The number of aliphatic carboxylic acids is 1. The maximum absolute atomic E-state index is 12.1. The molecular formula is C56H108O4. The fraction of sp³-hybridized carbons (Fsp3) is 0.929. The van der Waals surface area contributed by atoms with Gasteiger partial charge in [-0.25, -0.2) is 0 Å². The van der Waals surface area contributed by atoms with Gasteiger partial charge < -0.3 is 9.84 Å². The first-order chi connectivity index (χ1) is 29.7. The van der Waals surface area contributed by atoms with E-state index in [4.69, 9.17) is 9.84 Å². The molecule has 0 saturated heterocycles. The van der Waals surface area contributed by atoms with Crippen molar-refractivity contribution in [1.82, 2.24) is 0 Å². The lowest BCUT2D eigenvalue weighted by atomic mass is 10.0. The van der Waals surface area contributed by atoms with E-state index >= 15 is 0 Å². The van der Waals surface area contributed by atoms with Gasteiger partial charge in [0, 0.05) is 12.8 Å². The summed E-state index contributed by atoms with van der Waals surface area (Å²) < 4.78 is 5.49. The van der Waals surface area contributed by atoms with Crippen LogP contribution in [0.5, 0.6) is 0 Å². The van der Waals surface area contributed by atoms with Crippen LogP contribution in [0.1, 0.15) is 328 Å². The quantitative estimate of drug-likeness (QED) is 0.0376. The number of hydrogen-bond donors (Lipinski definition) is 1. The van der Waals surface area contributed by atoms with Crippen molar-refractivity contribution in [1.29, 1.82) is 0 Å². The molecule has 60 heavy (non-hydrogen) atoms. The zero-order chi connectivity index (χ0) is 43.3. The Morgan fingerprint density at radius 1 is 0.317 bits per heavy atom. The van der Waals surface area contributed by atoms with E-state index < -0.39 is 5.97 Å². The molecule has 0 aromatic rings. The third-order valence-electron chi connectivity index (χ3n) is 12.9. The number of ether oxygens (including phenoxy) is 1. The van der Waals surface area contributed by atoms with Crippen LogP contribution in [0.4, 0.5) is 0 Å². The fourth-order valence-corrected chi connectivity index (χ4v) is 8.81. The molecule has 0 bridgehead atoms. The highest BCUT2D eigenvalue weighted by Crippen LogP contribution is 2.18. The standard InChI is InChI=1S/C56H108O4/c1-2-3-4-5-6-7-8-9-10-28-32-35-38-41-44-47-50-53-56(59)60-54-51-48-45-42-39-36-33-30-27-25-23-21-19-17-15-13-11-12-14-16-18-20-22-24-26-29-31-34-37-40-43-46-49-52-55(57)58/h9-10H,2-8,11-54H2,1H3,(H,57,58). The van der Waals surface area contributed by atoms with Crippen LogP contribution in [0.25, 0.3) is 0 Å². The van der Waals surface area contributed by atoms with Crippen molar-refractivity contribution in [2.45, 2.75) is 328 Å². The van der Waals surface area contributed by atoms with E-state index in [-0.39, 0.29) is 5.97 Å². The second-order valence-electron chi connectivity index (χ2n) is 19.1. The summed E-state index contributed by atoms with van der Waals surface area (Å²) >= 11 is 0. The molecule has 0 heterocycles. The molecule has 0 unspecified atom stereocenters. The molecule has 0 aliphatic carbocycles. The monoisotopic (exact) mass is 845 g/mol. The highest BCUT2D eigenvalue weighted by Gasteiger charge is 2.03. The minimum absolute atomic E-state index is 0.0205. The van der Waals surface area contributed by atoms with Gasteiger partial charge in [-0.15, -0.1) is 0 Å². The van der Waals surface area contributed by atoms with Crippen LogP contribution in [-0.4, -0.2) is 23.7 Å². The number of hydrogen-bond acceptors (Lipinski definition) is 3. The lowest BCUT2D eigenvalue weighted by Gasteiger charge is -2.06. The average molecular weight is 845 g/mol. The highest BCUT2D eigenvalue weighted by molar-refractivity contribution is 5.69. The molecule has 4 heteroatoms. The molecule has 0 spiro atoms. The van der Waals surface area contributed by atoms with Crippen LogP contribution in [-0.2, 0) is 14.3 Å². The van der Waals surface area contributed by atoms with Crippen molar-refractivity contribution in [3.8, 4) is 0 Å². The van der Waals surface area contributed by atoms with Gasteiger partial charge in [-0.05, 0) is 44.9 Å². The van der Waals surface area contributed by atoms with Crippen molar-refractivity contribution in [2.24, 2.45) is 0 Å². The first kappa shape index (κ1) is 58.7. The number of carbonyl (C=O) groups is 2. The van der Waals surface area contributed by atoms with Gasteiger partial charge in [0.05, 0.1) is 6.61 Å². The topological polar surface area (TPSA) is 63.6 Å². The van der Waals surface area contributed by atoms with Crippen LogP contribution in [0.15, 0.2) is 12.2 Å². The summed E-state index contributed by atoms with van der Waals surface area (Å²) in [4.78, 5) is 22.6. The third-order valence-corrected chi connectivity index (χ3v) is 12.9. The van der Waals surface area contributed by atoms with Crippen molar-refractivity contribution >= 4 is 11.9 Å². The van der Waals surface area contributed by atoms with E-state index in [0.29, 0.717) is 19.4 Å². The van der Waals surface area contributed by atoms with E-state index in [1.807, 2.05) is 0 Å². The van der Waals surface area contributed by atoms with Crippen molar-refractivity contribution in [2.75, 3.05) is 6.61 Å². The summed E-state index contributed by atoms with van der Waals surface area (Å²) in [6.07, 6.45) is 70.3. The third kappa shape index (κ3) is 54.7. The van der Waals surface area contributed by atoms with Crippen molar-refractivity contribution in [3.63, 3.8) is 0 Å². The predicted octanol–water partition coefficient (Wildman–Crippen LogP) is 19.7. The Balaban J connectivity index is 3.15. The average Bonchev–Trinajstić information content (AvgIpc) is 3.24. The molecule has 0 saturated carbocycles. The largest absolute Gasteiger partial charge is 0.481 e. The van der Waals surface area contributed by atoms with Gasteiger partial charge >= 0.3 is 11.9 Å². The van der Waals surface area contributed by atoms with Gasteiger partial charge in [-0.2, -0.15) is 0 Å². The maximum Gasteiger partial charge on any atom is 0.305 e. The molecule has 1 N–H and O–H groups in total. The molecule has 0 amide bonds. The summed E-state index contributed by atoms with van der Waals surface area (Å²) in [5.41, 5.74) is 0. The Labute approximate surface area is 376 Å². The first-order valence-corrected chi connectivity index (χ1v) is 27.7. The molecular weight excluding hydrogens is 737 g/mol. The second kappa shape index (κ2) is 53.8. The first-order valence-electron chi connectivity index (χ1n) is 27.7. The molecule has 0 aromatic heterocycles. The Kier molecular flexibility index (Phi) is 52.6. The van der Waals surface area contributed by atoms with Crippen LogP contribution in [0.2, 0.25) is 0 Å². The fourth-order valence-electron chi connectivity index (χ4n) is 8.81. The Morgan fingerprint density at radius 2 is 0.550 bits per heavy atom. The summed E-state index contributed by atoms with van der Waals surface area (Å²) in [7, 11) is 0. The molecule has 0 radical (unpaired) electrons. The Morgan fingerprint density at radius 3 is 0.833 bits per heavy atom. The lowest BCUT2D eigenvalue weighted by molar-refractivity contribution is -0.144. The zero-order valence-electron chi connectivity index (χ0n) is 40.9. The summed E-state index contributed by atoms with van der Waals surface area (Å²) in [5, 5.41) is 8.67. The zero-order valence-corrected chi connectivity index (χ0v) is 40.9. The normalized spacial score (nSPS) is 11.6. The van der Waals surface area contributed by atoms with Crippen LogP contribution in [0.3, 0.4) is 0 Å². The predicted molar refractivity (Wildman–Crippen MR) is 264 cm³/mol. The van der Waals surface area contributed by atoms with Crippen molar-refractivity contribution < 1.29 is 19.4 Å². The molecule has 0 aliphatic rings. The van der Waals surface area contributed by atoms with E-state index in [1.165, 1.54) is 283 Å². The van der Waals surface area contributed by atoms with Gasteiger partial charge in [0.2, 0.25) is 0 Å². The van der Waals surface area contributed by atoms with Gasteiger partial charge in [-0.3, -0.25) is 9.59 Å². The van der Waals surface area contributed by atoms with Gasteiger partial charge in [0.1, 0.15) is 0 Å². The van der Waals surface area contributed by atoms with E-state index in [9.17, 15) is 9.59 Å². The number of allylic oxidation sites excluding steroid dienone is 2. The number of unbranched alkanes of at least 4 members (excludes halogenated alkanes) is 45. The van der Waals surface area contributed by atoms with Crippen molar-refractivity contribution in [3.05, 3.63) is 12.2 Å². The van der Waals surface area contributed by atoms with Gasteiger partial charge in [-0.1, -0.05) is 282 Å². The summed E-state index contributed by atoms with van der Waals surface area (Å²) in [6.45, 7) is 2.91. The molecule has 356 valence electrons. The number of rotatable bonds is 53. The van der Waals surface area contributed by atoms with Gasteiger partial charge in [0.25, 0.3) is 0 Å². The Hall–Kier alpha value is -1.32. The van der Waals surface area contributed by atoms with E-state index in [2.05, 4.69) is 19.1 Å². The number of carboxylic acid groups (broad SMARTS) is 1.